The van der Waals surface area contributed by atoms with E-state index in [0.29, 0.717) is 12.3 Å². The van der Waals surface area contributed by atoms with Crippen molar-refractivity contribution in [2.75, 3.05) is 0 Å². The zero-order chi connectivity index (χ0) is 15.1. The number of carbonyl (C=O) groups excluding carboxylic acids is 1. The molecule has 3 nitrogen and oxygen atoms in total. The molecule has 0 aliphatic heterocycles. The summed E-state index contributed by atoms with van der Waals surface area (Å²) in [5, 5.41) is 12.3. The molecule has 2 rings (SSSR count). The minimum absolute atomic E-state index is 0.126. The Kier molecular flexibility index (Phi) is 5.80. The maximum absolute atomic E-state index is 12.3. The second kappa shape index (κ2) is 7.83. The molecule has 0 heterocycles. The molecule has 1 aliphatic rings. The van der Waals surface area contributed by atoms with E-state index in [9.17, 15) is 10.1 Å². The van der Waals surface area contributed by atoms with Crippen molar-refractivity contribution in [3.63, 3.8) is 0 Å². The summed E-state index contributed by atoms with van der Waals surface area (Å²) in [5.74, 6) is -0.156. The monoisotopic (exact) mass is 284 g/mol. The van der Waals surface area contributed by atoms with E-state index < -0.39 is 5.92 Å². The number of nitrogens with one attached hydrogen (secondary N) is 1. The van der Waals surface area contributed by atoms with Gasteiger partial charge in [0, 0.05) is 6.04 Å². The first-order valence-electron chi connectivity index (χ1n) is 7.94. The van der Waals surface area contributed by atoms with Crippen LogP contribution in [0.5, 0.6) is 0 Å². The molecule has 112 valence electrons. The predicted octanol–water partition coefficient (Wildman–Crippen LogP) is 3.45. The van der Waals surface area contributed by atoms with E-state index in [0.717, 1.165) is 5.56 Å². The summed E-state index contributed by atoms with van der Waals surface area (Å²) in [7, 11) is 0. The Hall–Kier alpha value is -1.82. The van der Waals surface area contributed by atoms with Crippen LogP contribution in [0.25, 0.3) is 0 Å². The van der Waals surface area contributed by atoms with Crippen LogP contribution in [0.1, 0.15) is 44.6 Å². The number of hydrogen-bond acceptors (Lipinski definition) is 2. The van der Waals surface area contributed by atoms with Crippen molar-refractivity contribution in [1.82, 2.24) is 5.32 Å². The summed E-state index contributed by atoms with van der Waals surface area (Å²) in [4.78, 5) is 12.3. The van der Waals surface area contributed by atoms with Crippen LogP contribution in [0.3, 0.4) is 0 Å². The summed E-state index contributed by atoms with van der Waals surface area (Å²) < 4.78 is 0. The number of nitrogens with zero attached hydrogens (tertiary/aromatic N) is 1. The zero-order valence-corrected chi connectivity index (χ0v) is 12.7. The molecule has 0 spiro atoms. The highest BCUT2D eigenvalue weighted by Crippen LogP contribution is 2.26. The van der Waals surface area contributed by atoms with E-state index in [-0.39, 0.29) is 11.9 Å². The van der Waals surface area contributed by atoms with Crippen LogP contribution in [-0.4, -0.2) is 11.9 Å². The van der Waals surface area contributed by atoms with E-state index in [1.165, 1.54) is 32.1 Å². The fourth-order valence-electron chi connectivity index (χ4n) is 3.12. The van der Waals surface area contributed by atoms with Crippen molar-refractivity contribution in [2.45, 2.75) is 51.5 Å². The van der Waals surface area contributed by atoms with Gasteiger partial charge in [-0.1, -0.05) is 49.6 Å². The maximum Gasteiger partial charge on any atom is 0.237 e. The van der Waals surface area contributed by atoms with E-state index in [2.05, 4.69) is 18.3 Å². The molecule has 1 saturated carbocycles. The summed E-state index contributed by atoms with van der Waals surface area (Å²) in [6.07, 6.45) is 6.70. The van der Waals surface area contributed by atoms with Gasteiger partial charge in [0.2, 0.25) is 5.91 Å². The van der Waals surface area contributed by atoms with Crippen molar-refractivity contribution < 1.29 is 4.79 Å². The van der Waals surface area contributed by atoms with Crippen molar-refractivity contribution in [2.24, 2.45) is 11.8 Å². The maximum atomic E-state index is 12.3. The number of carbonyl (C=O) groups is 1. The van der Waals surface area contributed by atoms with Gasteiger partial charge >= 0.3 is 0 Å². The summed E-state index contributed by atoms with van der Waals surface area (Å²) in [5.41, 5.74) is 1.03. The van der Waals surface area contributed by atoms with Crippen molar-refractivity contribution >= 4 is 5.91 Å². The smallest absolute Gasteiger partial charge is 0.237 e. The molecule has 1 fully saturated rings. The first-order valence-corrected chi connectivity index (χ1v) is 7.94. The van der Waals surface area contributed by atoms with Crippen LogP contribution in [0, 0.1) is 23.2 Å². The van der Waals surface area contributed by atoms with Gasteiger partial charge in [-0.25, -0.2) is 0 Å². The molecule has 1 N–H and O–H groups in total. The van der Waals surface area contributed by atoms with Crippen LogP contribution < -0.4 is 5.32 Å². The Morgan fingerprint density at radius 1 is 1.29 bits per heavy atom. The first-order chi connectivity index (χ1) is 10.2. The average Bonchev–Trinajstić information content (AvgIpc) is 2.54. The number of rotatable bonds is 5. The van der Waals surface area contributed by atoms with Crippen LogP contribution in [0.2, 0.25) is 0 Å². The molecule has 1 aromatic rings. The number of nitriles is 1. The van der Waals surface area contributed by atoms with Crippen LogP contribution in [0.4, 0.5) is 0 Å². The number of amides is 1. The average molecular weight is 284 g/mol. The van der Waals surface area contributed by atoms with Crippen LogP contribution in [0.15, 0.2) is 30.3 Å². The lowest BCUT2D eigenvalue weighted by molar-refractivity contribution is -0.124. The van der Waals surface area contributed by atoms with Gasteiger partial charge in [-0.15, -0.1) is 0 Å². The Bertz CT molecular complexity index is 486. The molecule has 0 radical (unpaired) electrons. The highest BCUT2D eigenvalue weighted by Gasteiger charge is 2.25. The molecular formula is C18H24N2O. The minimum atomic E-state index is -0.599. The lowest BCUT2D eigenvalue weighted by Gasteiger charge is -2.28. The van der Waals surface area contributed by atoms with E-state index in [1.807, 2.05) is 30.3 Å². The molecule has 0 bridgehead atoms. The normalized spacial score (nSPS) is 18.5. The molecular weight excluding hydrogens is 260 g/mol. The topological polar surface area (TPSA) is 52.9 Å². The van der Waals surface area contributed by atoms with Crippen molar-refractivity contribution in [3.05, 3.63) is 35.9 Å². The Balaban J connectivity index is 1.89. The Morgan fingerprint density at radius 3 is 2.57 bits per heavy atom. The van der Waals surface area contributed by atoms with Gasteiger partial charge in [-0.05, 0) is 37.7 Å². The molecule has 1 aromatic carbocycles. The van der Waals surface area contributed by atoms with Gasteiger partial charge in [-0.3, -0.25) is 4.79 Å². The second-order valence-electron chi connectivity index (χ2n) is 6.07. The minimum Gasteiger partial charge on any atom is -0.352 e. The lowest BCUT2D eigenvalue weighted by atomic mass is 9.84. The van der Waals surface area contributed by atoms with E-state index in [4.69, 9.17) is 0 Å². The highest BCUT2D eigenvalue weighted by molar-refractivity contribution is 5.81. The number of hydrogen-bond donors (Lipinski definition) is 1. The van der Waals surface area contributed by atoms with Gasteiger partial charge in [0.15, 0.2) is 0 Å². The highest BCUT2D eigenvalue weighted by atomic mass is 16.1. The predicted molar refractivity (Wildman–Crippen MR) is 83.4 cm³/mol. The molecule has 3 heteroatoms. The van der Waals surface area contributed by atoms with Crippen molar-refractivity contribution in [3.8, 4) is 6.07 Å². The van der Waals surface area contributed by atoms with Gasteiger partial charge in [0.25, 0.3) is 0 Å². The third-order valence-corrected chi connectivity index (χ3v) is 4.48. The summed E-state index contributed by atoms with van der Waals surface area (Å²) >= 11 is 0. The fourth-order valence-corrected chi connectivity index (χ4v) is 3.12. The molecule has 1 aliphatic carbocycles. The van der Waals surface area contributed by atoms with Gasteiger partial charge < -0.3 is 5.32 Å². The standard InChI is InChI=1S/C18H24N2O/c1-14(16-10-6-3-7-11-16)20-18(21)17(13-19)12-15-8-4-2-5-9-15/h2,4-5,8-9,14,16-17H,3,6-7,10-12H2,1H3,(H,20,21). The van der Waals surface area contributed by atoms with E-state index >= 15 is 0 Å². The van der Waals surface area contributed by atoms with Gasteiger partial charge in [0.1, 0.15) is 5.92 Å². The quantitative estimate of drug-likeness (QED) is 0.900. The Morgan fingerprint density at radius 2 is 1.95 bits per heavy atom. The van der Waals surface area contributed by atoms with Gasteiger partial charge in [0.05, 0.1) is 6.07 Å². The van der Waals surface area contributed by atoms with Gasteiger partial charge in [-0.2, -0.15) is 5.26 Å². The zero-order valence-electron chi connectivity index (χ0n) is 12.7. The third kappa shape index (κ3) is 4.60. The fraction of sp³-hybridized carbons (Fsp3) is 0.556. The first kappa shape index (κ1) is 15.6. The lowest BCUT2D eigenvalue weighted by Crippen LogP contribution is -2.42. The molecule has 21 heavy (non-hydrogen) atoms. The summed E-state index contributed by atoms with van der Waals surface area (Å²) in [6, 6.07) is 12.1. The van der Waals surface area contributed by atoms with Crippen LogP contribution >= 0.6 is 0 Å². The second-order valence-corrected chi connectivity index (χ2v) is 6.07. The molecule has 0 saturated heterocycles. The Labute approximate surface area is 127 Å². The summed E-state index contributed by atoms with van der Waals surface area (Å²) in [6.45, 7) is 2.07. The molecule has 1 amide bonds. The largest absolute Gasteiger partial charge is 0.352 e. The van der Waals surface area contributed by atoms with Crippen molar-refractivity contribution in [1.29, 1.82) is 5.26 Å². The van der Waals surface area contributed by atoms with E-state index in [1.54, 1.807) is 0 Å². The number of benzene rings is 1. The SMILES string of the molecule is CC(NC(=O)C(C#N)Cc1ccccc1)C1CCCCC1. The molecule has 2 atom stereocenters. The molecule has 2 unspecified atom stereocenters. The molecule has 0 aromatic heterocycles. The third-order valence-electron chi connectivity index (χ3n) is 4.48. The van der Waals surface area contributed by atoms with Crippen LogP contribution in [-0.2, 0) is 11.2 Å².